The Morgan fingerprint density at radius 3 is 2.40 bits per heavy atom. The molecule has 0 saturated carbocycles. The molecule has 2 aromatic heterocycles. The summed E-state index contributed by atoms with van der Waals surface area (Å²) in [6.45, 7) is 6.52. The minimum atomic E-state index is -0.0910. The third-order valence-electron chi connectivity index (χ3n) is 4.06. The summed E-state index contributed by atoms with van der Waals surface area (Å²) in [6, 6.07) is 14.0. The van der Waals surface area contributed by atoms with Gasteiger partial charge in [0.25, 0.3) is 5.91 Å². The largest absolute Gasteiger partial charge is 0.352 e. The van der Waals surface area contributed by atoms with E-state index in [1.165, 1.54) is 5.56 Å². The van der Waals surface area contributed by atoms with Crippen molar-refractivity contribution in [1.29, 1.82) is 0 Å². The fourth-order valence-corrected chi connectivity index (χ4v) is 2.72. The topological polar surface area (TPSA) is 59.8 Å². The zero-order valence-corrected chi connectivity index (χ0v) is 14.8. The van der Waals surface area contributed by atoms with Gasteiger partial charge in [0.15, 0.2) is 0 Å². The summed E-state index contributed by atoms with van der Waals surface area (Å²) in [5, 5.41) is 7.42. The molecule has 0 aliphatic heterocycles. The fraction of sp³-hybridized carbons (Fsp3) is 0.250. The molecule has 0 aliphatic carbocycles. The van der Waals surface area contributed by atoms with Crippen LogP contribution in [0.1, 0.15) is 33.0 Å². The maximum absolute atomic E-state index is 12.1. The summed E-state index contributed by atoms with van der Waals surface area (Å²) >= 11 is 0. The van der Waals surface area contributed by atoms with Gasteiger partial charge in [0.1, 0.15) is 0 Å². The summed E-state index contributed by atoms with van der Waals surface area (Å²) in [6.07, 6.45) is 2.39. The van der Waals surface area contributed by atoms with Gasteiger partial charge in [-0.25, -0.2) is 4.68 Å². The number of carbonyl (C=O) groups is 1. The number of rotatable bonds is 5. The predicted octanol–water partition coefficient (Wildman–Crippen LogP) is 3.17. The van der Waals surface area contributed by atoms with Crippen molar-refractivity contribution >= 4 is 5.91 Å². The molecule has 2 heterocycles. The van der Waals surface area contributed by atoms with Crippen molar-refractivity contribution in [2.75, 3.05) is 6.54 Å². The van der Waals surface area contributed by atoms with Crippen molar-refractivity contribution in [2.24, 2.45) is 0 Å². The minimum absolute atomic E-state index is 0.0910. The van der Waals surface area contributed by atoms with Crippen molar-refractivity contribution in [3.8, 4) is 5.69 Å². The zero-order valence-electron chi connectivity index (χ0n) is 14.8. The summed E-state index contributed by atoms with van der Waals surface area (Å²) in [5.41, 5.74) is 5.83. The molecule has 1 amide bonds. The summed E-state index contributed by atoms with van der Waals surface area (Å²) in [7, 11) is 0. The lowest BCUT2D eigenvalue weighted by atomic mass is 10.1. The molecular weight excluding hydrogens is 312 g/mol. The van der Waals surface area contributed by atoms with Crippen LogP contribution in [0, 0.1) is 20.8 Å². The van der Waals surface area contributed by atoms with E-state index in [0.717, 1.165) is 29.2 Å². The lowest BCUT2D eigenvalue weighted by molar-refractivity contribution is 0.0954. The normalized spacial score (nSPS) is 10.7. The van der Waals surface area contributed by atoms with Gasteiger partial charge in [-0.15, -0.1) is 0 Å². The highest BCUT2D eigenvalue weighted by Gasteiger charge is 2.06. The Bertz CT molecular complexity index is 864. The number of nitrogens with one attached hydrogen (secondary N) is 1. The Kier molecular flexibility index (Phi) is 4.93. The van der Waals surface area contributed by atoms with E-state index >= 15 is 0 Å². The SMILES string of the molecule is Cc1ccc(C(=O)NCCc2ccc(-n3nc(C)cc3C)cc2)cn1. The van der Waals surface area contributed by atoms with Gasteiger partial charge in [-0.1, -0.05) is 12.1 Å². The number of hydrogen-bond donors (Lipinski definition) is 1. The van der Waals surface area contributed by atoms with Crippen LogP contribution in [0.5, 0.6) is 0 Å². The first-order valence-corrected chi connectivity index (χ1v) is 8.36. The van der Waals surface area contributed by atoms with Crippen LogP contribution in [0.4, 0.5) is 0 Å². The number of nitrogens with zero attached hydrogens (tertiary/aromatic N) is 3. The van der Waals surface area contributed by atoms with Crippen LogP contribution < -0.4 is 5.32 Å². The van der Waals surface area contributed by atoms with Crippen LogP contribution >= 0.6 is 0 Å². The van der Waals surface area contributed by atoms with E-state index < -0.39 is 0 Å². The van der Waals surface area contributed by atoms with Crippen LogP contribution in [0.25, 0.3) is 5.69 Å². The van der Waals surface area contributed by atoms with Crippen LogP contribution in [0.3, 0.4) is 0 Å². The third kappa shape index (κ3) is 4.12. The Balaban J connectivity index is 1.56. The number of pyridine rings is 1. The first kappa shape index (κ1) is 16.9. The highest BCUT2D eigenvalue weighted by Crippen LogP contribution is 2.13. The quantitative estimate of drug-likeness (QED) is 0.780. The van der Waals surface area contributed by atoms with Gasteiger partial charge >= 0.3 is 0 Å². The number of aromatic nitrogens is 3. The molecule has 5 nitrogen and oxygen atoms in total. The fourth-order valence-electron chi connectivity index (χ4n) is 2.72. The van der Waals surface area contributed by atoms with Crippen molar-refractivity contribution in [3.05, 3.63) is 76.9 Å². The third-order valence-corrected chi connectivity index (χ3v) is 4.06. The van der Waals surface area contributed by atoms with Gasteiger partial charge in [0.2, 0.25) is 0 Å². The number of hydrogen-bond acceptors (Lipinski definition) is 3. The second kappa shape index (κ2) is 7.30. The molecule has 0 aliphatic rings. The Hall–Kier alpha value is -2.95. The molecule has 0 atom stereocenters. The highest BCUT2D eigenvalue weighted by atomic mass is 16.1. The van der Waals surface area contributed by atoms with E-state index in [-0.39, 0.29) is 5.91 Å². The molecule has 1 aromatic carbocycles. The smallest absolute Gasteiger partial charge is 0.252 e. The van der Waals surface area contributed by atoms with Crippen molar-refractivity contribution in [1.82, 2.24) is 20.1 Å². The Labute approximate surface area is 147 Å². The summed E-state index contributed by atoms with van der Waals surface area (Å²) in [4.78, 5) is 16.2. The highest BCUT2D eigenvalue weighted by molar-refractivity contribution is 5.93. The lowest BCUT2D eigenvalue weighted by Crippen LogP contribution is -2.25. The van der Waals surface area contributed by atoms with Crippen molar-refractivity contribution in [2.45, 2.75) is 27.2 Å². The molecule has 0 spiro atoms. The van der Waals surface area contributed by atoms with Crippen molar-refractivity contribution in [3.63, 3.8) is 0 Å². The molecule has 0 bridgehead atoms. The molecule has 5 heteroatoms. The lowest BCUT2D eigenvalue weighted by Gasteiger charge is -2.08. The second-order valence-corrected chi connectivity index (χ2v) is 6.20. The molecule has 0 radical (unpaired) electrons. The molecule has 3 aromatic rings. The molecular formula is C20H22N4O. The van der Waals surface area contributed by atoms with Gasteiger partial charge in [0.05, 0.1) is 16.9 Å². The zero-order chi connectivity index (χ0) is 17.8. The summed E-state index contributed by atoms with van der Waals surface area (Å²) in [5.74, 6) is -0.0910. The predicted molar refractivity (Wildman–Crippen MR) is 98.0 cm³/mol. The number of amides is 1. The van der Waals surface area contributed by atoms with Crippen LogP contribution in [0.15, 0.2) is 48.7 Å². The van der Waals surface area contributed by atoms with E-state index in [1.807, 2.05) is 31.5 Å². The second-order valence-electron chi connectivity index (χ2n) is 6.20. The summed E-state index contributed by atoms with van der Waals surface area (Å²) < 4.78 is 1.94. The van der Waals surface area contributed by atoms with Gasteiger partial charge in [-0.2, -0.15) is 5.10 Å². The van der Waals surface area contributed by atoms with Gasteiger partial charge in [0, 0.05) is 24.1 Å². The maximum atomic E-state index is 12.1. The minimum Gasteiger partial charge on any atom is -0.352 e. The first-order chi connectivity index (χ1) is 12.0. The molecule has 0 unspecified atom stereocenters. The Morgan fingerprint density at radius 1 is 1.04 bits per heavy atom. The van der Waals surface area contributed by atoms with Crippen LogP contribution in [0.2, 0.25) is 0 Å². The Morgan fingerprint density at radius 2 is 1.80 bits per heavy atom. The standard InChI is InChI=1S/C20H22N4O/c1-14-4-7-18(13-22-14)20(25)21-11-10-17-5-8-19(9-6-17)24-16(3)12-15(2)23-24/h4-9,12-13H,10-11H2,1-3H3,(H,21,25). The average molecular weight is 334 g/mol. The molecule has 25 heavy (non-hydrogen) atoms. The number of aryl methyl sites for hydroxylation is 3. The first-order valence-electron chi connectivity index (χ1n) is 8.36. The molecule has 1 N–H and O–H groups in total. The molecule has 3 rings (SSSR count). The van der Waals surface area contributed by atoms with Crippen molar-refractivity contribution < 1.29 is 4.79 Å². The number of benzene rings is 1. The molecule has 0 fully saturated rings. The van der Waals surface area contributed by atoms with Gasteiger partial charge in [-0.05, 0) is 63.1 Å². The monoisotopic (exact) mass is 334 g/mol. The maximum Gasteiger partial charge on any atom is 0.252 e. The van der Waals surface area contributed by atoms with E-state index in [0.29, 0.717) is 12.1 Å². The van der Waals surface area contributed by atoms with Gasteiger partial charge in [-0.3, -0.25) is 9.78 Å². The van der Waals surface area contributed by atoms with Gasteiger partial charge < -0.3 is 5.32 Å². The molecule has 0 saturated heterocycles. The van der Waals surface area contributed by atoms with E-state index in [2.05, 4.69) is 45.7 Å². The van der Waals surface area contributed by atoms with Crippen LogP contribution in [-0.2, 0) is 6.42 Å². The van der Waals surface area contributed by atoms with E-state index in [1.54, 1.807) is 12.3 Å². The average Bonchev–Trinajstić information content (AvgIpc) is 2.94. The van der Waals surface area contributed by atoms with Crippen LogP contribution in [-0.4, -0.2) is 27.2 Å². The van der Waals surface area contributed by atoms with E-state index in [9.17, 15) is 4.79 Å². The number of carbonyl (C=O) groups excluding carboxylic acids is 1. The van der Waals surface area contributed by atoms with E-state index in [4.69, 9.17) is 0 Å². The molecule has 128 valence electrons.